The zero-order valence-electron chi connectivity index (χ0n) is 11.4. The Hall–Kier alpha value is -1.20. The fourth-order valence-electron chi connectivity index (χ4n) is 3.22. The number of rotatable bonds is 2. The molecule has 2 aliphatic rings. The van der Waals surface area contributed by atoms with Gasteiger partial charge in [-0.15, -0.1) is 0 Å². The SMILES string of the molecule is Nc1ccc2nc(SC3CCOC4(CCC4)C3)[nH]c2c1. The average molecular weight is 289 g/mol. The largest absolute Gasteiger partial charge is 0.399 e. The third-order valence-electron chi connectivity index (χ3n) is 4.48. The third kappa shape index (κ3) is 2.19. The van der Waals surface area contributed by atoms with E-state index >= 15 is 0 Å². The van der Waals surface area contributed by atoms with E-state index in [1.54, 1.807) is 0 Å². The molecule has 1 unspecified atom stereocenters. The fourth-order valence-corrected chi connectivity index (χ4v) is 4.46. The van der Waals surface area contributed by atoms with Gasteiger partial charge in [-0.2, -0.15) is 0 Å². The fraction of sp³-hybridized carbons (Fsp3) is 0.533. The van der Waals surface area contributed by atoms with Gasteiger partial charge in [0.25, 0.3) is 0 Å². The van der Waals surface area contributed by atoms with Crippen LogP contribution in [0.3, 0.4) is 0 Å². The van der Waals surface area contributed by atoms with Gasteiger partial charge in [-0.1, -0.05) is 11.8 Å². The summed E-state index contributed by atoms with van der Waals surface area (Å²) in [5.41, 5.74) is 8.80. The number of hydrogen-bond acceptors (Lipinski definition) is 4. The number of benzene rings is 1. The summed E-state index contributed by atoms with van der Waals surface area (Å²) in [4.78, 5) is 8.03. The highest BCUT2D eigenvalue weighted by Gasteiger charge is 2.42. The van der Waals surface area contributed by atoms with Crippen molar-refractivity contribution >= 4 is 28.5 Å². The predicted molar refractivity (Wildman–Crippen MR) is 81.9 cm³/mol. The number of ether oxygens (including phenoxy) is 1. The van der Waals surface area contributed by atoms with Crippen molar-refractivity contribution in [2.45, 2.75) is 48.1 Å². The number of nitrogen functional groups attached to an aromatic ring is 1. The molecule has 1 aliphatic heterocycles. The normalized spacial score (nSPS) is 24.9. The summed E-state index contributed by atoms with van der Waals surface area (Å²) in [6.07, 6.45) is 6.07. The lowest BCUT2D eigenvalue weighted by molar-refractivity contribution is -0.125. The monoisotopic (exact) mass is 289 g/mol. The van der Waals surface area contributed by atoms with E-state index in [4.69, 9.17) is 10.5 Å². The summed E-state index contributed by atoms with van der Waals surface area (Å²) >= 11 is 1.86. The van der Waals surface area contributed by atoms with Crippen LogP contribution in [0.15, 0.2) is 23.4 Å². The Kier molecular flexibility index (Phi) is 2.93. The molecule has 106 valence electrons. The van der Waals surface area contributed by atoms with Crippen LogP contribution in [-0.4, -0.2) is 27.4 Å². The van der Waals surface area contributed by atoms with Gasteiger partial charge in [0.05, 0.1) is 16.6 Å². The zero-order chi connectivity index (χ0) is 13.6. The van der Waals surface area contributed by atoms with E-state index in [-0.39, 0.29) is 5.60 Å². The van der Waals surface area contributed by atoms with Gasteiger partial charge in [-0.3, -0.25) is 0 Å². The van der Waals surface area contributed by atoms with Crippen LogP contribution in [-0.2, 0) is 4.74 Å². The molecular weight excluding hydrogens is 270 g/mol. The highest BCUT2D eigenvalue weighted by atomic mass is 32.2. The Morgan fingerprint density at radius 2 is 2.30 bits per heavy atom. The molecule has 5 heteroatoms. The molecule has 4 nitrogen and oxygen atoms in total. The van der Waals surface area contributed by atoms with Crippen molar-refractivity contribution in [2.24, 2.45) is 0 Å². The molecule has 20 heavy (non-hydrogen) atoms. The second kappa shape index (κ2) is 4.67. The van der Waals surface area contributed by atoms with Gasteiger partial charge in [0.15, 0.2) is 5.16 Å². The van der Waals surface area contributed by atoms with Crippen LogP contribution >= 0.6 is 11.8 Å². The second-order valence-corrected chi connectivity index (χ2v) is 7.23. The zero-order valence-corrected chi connectivity index (χ0v) is 12.2. The Bertz CT molecular complexity index is 635. The van der Waals surface area contributed by atoms with E-state index in [0.717, 1.165) is 41.3 Å². The van der Waals surface area contributed by atoms with Crippen molar-refractivity contribution in [3.63, 3.8) is 0 Å². The maximum Gasteiger partial charge on any atom is 0.166 e. The first-order chi connectivity index (χ1) is 9.72. The molecular formula is C15H19N3OS. The van der Waals surface area contributed by atoms with Crippen LogP contribution in [0, 0.1) is 0 Å². The molecule has 0 bridgehead atoms. The molecule has 4 rings (SSSR count). The first kappa shape index (κ1) is 12.5. The Labute approximate surface area is 122 Å². The number of nitrogens with zero attached hydrogens (tertiary/aromatic N) is 1. The molecule has 0 radical (unpaired) electrons. The summed E-state index contributed by atoms with van der Waals surface area (Å²) < 4.78 is 5.98. The van der Waals surface area contributed by atoms with Crippen molar-refractivity contribution in [3.05, 3.63) is 18.2 Å². The molecule has 3 N–H and O–H groups in total. The van der Waals surface area contributed by atoms with Crippen molar-refractivity contribution < 1.29 is 4.74 Å². The number of aromatic nitrogens is 2. The molecule has 2 heterocycles. The number of anilines is 1. The lowest BCUT2D eigenvalue weighted by atomic mass is 9.75. The molecule has 1 aromatic carbocycles. The number of fused-ring (bicyclic) bond motifs is 1. The van der Waals surface area contributed by atoms with E-state index in [2.05, 4.69) is 9.97 Å². The molecule has 2 fully saturated rings. The van der Waals surface area contributed by atoms with Gasteiger partial charge in [-0.25, -0.2) is 4.98 Å². The Morgan fingerprint density at radius 1 is 1.40 bits per heavy atom. The van der Waals surface area contributed by atoms with Gasteiger partial charge in [0.2, 0.25) is 0 Å². The number of nitrogens with two attached hydrogens (primary N) is 1. The first-order valence-electron chi connectivity index (χ1n) is 7.28. The standard InChI is InChI=1S/C15H19N3OS/c16-10-2-3-12-13(8-10)18-14(17-12)20-11-4-7-19-15(9-11)5-1-6-15/h2-3,8,11H,1,4-7,9,16H2,(H,17,18). The number of aromatic amines is 1. The molecule has 1 spiro atoms. The lowest BCUT2D eigenvalue weighted by Crippen LogP contribution is -2.46. The summed E-state index contributed by atoms with van der Waals surface area (Å²) in [5.74, 6) is 0. The van der Waals surface area contributed by atoms with Gasteiger partial charge in [0.1, 0.15) is 0 Å². The third-order valence-corrected chi connectivity index (χ3v) is 5.63. The highest BCUT2D eigenvalue weighted by Crippen LogP contribution is 2.46. The predicted octanol–water partition coefficient (Wildman–Crippen LogP) is 3.34. The van der Waals surface area contributed by atoms with Crippen molar-refractivity contribution in [1.82, 2.24) is 9.97 Å². The molecule has 0 amide bonds. The Balaban J connectivity index is 1.52. The first-order valence-corrected chi connectivity index (χ1v) is 8.16. The van der Waals surface area contributed by atoms with E-state index in [9.17, 15) is 0 Å². The average Bonchev–Trinajstić information content (AvgIpc) is 2.78. The smallest absolute Gasteiger partial charge is 0.166 e. The van der Waals surface area contributed by atoms with Crippen LogP contribution in [0.5, 0.6) is 0 Å². The van der Waals surface area contributed by atoms with Gasteiger partial charge < -0.3 is 15.5 Å². The highest BCUT2D eigenvalue weighted by molar-refractivity contribution is 7.99. The minimum atomic E-state index is 0.201. The number of nitrogens with one attached hydrogen (secondary N) is 1. The van der Waals surface area contributed by atoms with E-state index in [1.165, 1.54) is 19.3 Å². The van der Waals surface area contributed by atoms with Crippen LogP contribution in [0.4, 0.5) is 5.69 Å². The lowest BCUT2D eigenvalue weighted by Gasteiger charge is -2.46. The molecule has 1 atom stereocenters. The maximum absolute atomic E-state index is 5.98. The summed E-state index contributed by atoms with van der Waals surface area (Å²) in [6.45, 7) is 0.894. The number of imidazole rings is 1. The van der Waals surface area contributed by atoms with Crippen LogP contribution < -0.4 is 5.73 Å². The van der Waals surface area contributed by atoms with Crippen molar-refractivity contribution in [1.29, 1.82) is 0 Å². The molecule has 1 saturated carbocycles. The summed E-state index contributed by atoms with van der Waals surface area (Å²) in [6, 6.07) is 5.82. The topological polar surface area (TPSA) is 63.9 Å². The number of H-pyrrole nitrogens is 1. The molecule has 2 aromatic rings. The van der Waals surface area contributed by atoms with Crippen molar-refractivity contribution in [3.8, 4) is 0 Å². The van der Waals surface area contributed by atoms with Crippen LogP contribution in [0.25, 0.3) is 11.0 Å². The van der Waals surface area contributed by atoms with Gasteiger partial charge in [-0.05, 0) is 50.3 Å². The molecule has 1 aliphatic carbocycles. The summed E-state index contributed by atoms with van der Waals surface area (Å²) in [7, 11) is 0. The number of thioether (sulfide) groups is 1. The van der Waals surface area contributed by atoms with Crippen molar-refractivity contribution in [2.75, 3.05) is 12.3 Å². The maximum atomic E-state index is 5.98. The molecule has 1 saturated heterocycles. The van der Waals surface area contributed by atoms with Gasteiger partial charge in [0, 0.05) is 17.5 Å². The van der Waals surface area contributed by atoms with Gasteiger partial charge >= 0.3 is 0 Å². The van der Waals surface area contributed by atoms with Crippen LogP contribution in [0.1, 0.15) is 32.1 Å². The quantitative estimate of drug-likeness (QED) is 0.832. The molecule has 1 aromatic heterocycles. The minimum Gasteiger partial charge on any atom is -0.399 e. The van der Waals surface area contributed by atoms with E-state index < -0.39 is 0 Å². The Morgan fingerprint density at radius 3 is 3.10 bits per heavy atom. The van der Waals surface area contributed by atoms with Crippen LogP contribution in [0.2, 0.25) is 0 Å². The summed E-state index contributed by atoms with van der Waals surface area (Å²) in [5, 5.41) is 1.62. The minimum absolute atomic E-state index is 0.201. The van der Waals surface area contributed by atoms with E-state index in [0.29, 0.717) is 5.25 Å². The second-order valence-electron chi connectivity index (χ2n) is 5.94. The number of hydrogen-bond donors (Lipinski definition) is 2. The van der Waals surface area contributed by atoms with E-state index in [1.807, 2.05) is 30.0 Å².